The third-order valence-electron chi connectivity index (χ3n) is 5.74. The Morgan fingerprint density at radius 2 is 1.43 bits per heavy atom. The highest BCUT2D eigenvalue weighted by molar-refractivity contribution is 7.17. The maximum atomic E-state index is 11.6. The van der Waals surface area contributed by atoms with Crippen molar-refractivity contribution in [1.82, 2.24) is 0 Å². The van der Waals surface area contributed by atoms with Crippen molar-refractivity contribution in [2.24, 2.45) is 0 Å². The lowest BCUT2D eigenvalue weighted by atomic mass is 10.0. The van der Waals surface area contributed by atoms with E-state index in [1.54, 1.807) is 11.3 Å². The van der Waals surface area contributed by atoms with E-state index < -0.39 is 0 Å². The minimum absolute atomic E-state index is 0.795. The van der Waals surface area contributed by atoms with Gasteiger partial charge >= 0.3 is 0 Å². The summed E-state index contributed by atoms with van der Waals surface area (Å²) in [5, 5.41) is 0. The van der Waals surface area contributed by atoms with Gasteiger partial charge in [0.1, 0.15) is 5.75 Å². The quantitative estimate of drug-likeness (QED) is 0.209. The first-order valence-corrected chi connectivity index (χ1v) is 12.7. The van der Waals surface area contributed by atoms with Crippen LogP contribution in [0, 0.1) is 13.8 Å². The first kappa shape index (κ1) is 24.7. The molecule has 3 heteroatoms. The van der Waals surface area contributed by atoms with Crippen molar-refractivity contribution in [3.8, 4) is 16.2 Å². The fourth-order valence-corrected chi connectivity index (χ4v) is 5.01. The highest BCUT2D eigenvalue weighted by Gasteiger charge is 2.13. The summed E-state index contributed by atoms with van der Waals surface area (Å²) in [4.78, 5) is 13.6. The van der Waals surface area contributed by atoms with Crippen molar-refractivity contribution < 1.29 is 9.53 Å². The predicted octanol–water partition coefficient (Wildman–Crippen LogP) is 8.71. The van der Waals surface area contributed by atoms with Gasteiger partial charge in [-0.25, -0.2) is 0 Å². The van der Waals surface area contributed by atoms with E-state index in [0.717, 1.165) is 42.8 Å². The molecule has 0 unspecified atom stereocenters. The van der Waals surface area contributed by atoms with Crippen LogP contribution >= 0.6 is 11.3 Å². The van der Waals surface area contributed by atoms with Crippen LogP contribution in [0.2, 0.25) is 0 Å². The average molecular weight is 429 g/mol. The molecule has 2 aromatic rings. The van der Waals surface area contributed by atoms with Crippen LogP contribution in [0.1, 0.15) is 104 Å². The number of ether oxygens (including phenoxy) is 1. The van der Waals surface area contributed by atoms with Gasteiger partial charge in [-0.2, -0.15) is 0 Å². The summed E-state index contributed by atoms with van der Waals surface area (Å²) in [7, 11) is 0. The first-order chi connectivity index (χ1) is 14.6. The van der Waals surface area contributed by atoms with Gasteiger partial charge in [0.15, 0.2) is 6.29 Å². The summed E-state index contributed by atoms with van der Waals surface area (Å²) in [5.74, 6) is 1.03. The zero-order chi connectivity index (χ0) is 21.8. The summed E-state index contributed by atoms with van der Waals surface area (Å²) in [6, 6.07) is 6.65. The van der Waals surface area contributed by atoms with Crippen LogP contribution in [-0.2, 0) is 6.42 Å². The number of carbonyl (C=O) groups excluding carboxylic acids is 1. The third-order valence-corrected chi connectivity index (χ3v) is 6.89. The summed E-state index contributed by atoms with van der Waals surface area (Å²) >= 11 is 1.62. The standard InChI is InChI=1S/C27H40O2S/c1-5-7-9-11-12-14-16-29-27-21(3)17-24(18-22(27)4)25-19-23(26(20-28)30-25)15-13-10-8-6-2/h17-20H,5-16H2,1-4H3. The monoisotopic (exact) mass is 428 g/mol. The largest absolute Gasteiger partial charge is 0.493 e. The lowest BCUT2D eigenvalue weighted by Crippen LogP contribution is -2.01. The van der Waals surface area contributed by atoms with E-state index in [4.69, 9.17) is 4.74 Å². The van der Waals surface area contributed by atoms with E-state index in [1.807, 2.05) is 0 Å². The molecular weight excluding hydrogens is 388 g/mol. The molecule has 166 valence electrons. The van der Waals surface area contributed by atoms with Crippen LogP contribution in [0.25, 0.3) is 10.4 Å². The molecule has 2 rings (SSSR count). The van der Waals surface area contributed by atoms with Gasteiger partial charge in [-0.3, -0.25) is 4.79 Å². The molecule has 0 fully saturated rings. The second kappa shape index (κ2) is 13.6. The van der Waals surface area contributed by atoms with Gasteiger partial charge in [0.05, 0.1) is 11.5 Å². The summed E-state index contributed by atoms with van der Waals surface area (Å²) in [5.41, 5.74) is 4.77. The second-order valence-corrected chi connectivity index (χ2v) is 9.57. The Kier molecular flexibility index (Phi) is 11.2. The Hall–Kier alpha value is -1.61. The van der Waals surface area contributed by atoms with Crippen LogP contribution in [0.15, 0.2) is 18.2 Å². The molecule has 1 aromatic carbocycles. The minimum atomic E-state index is 0.795. The van der Waals surface area contributed by atoms with Crippen molar-refractivity contribution in [3.05, 3.63) is 39.8 Å². The SMILES string of the molecule is CCCCCCCCOc1c(C)cc(-c2cc(CCCCCC)c(C=O)s2)cc1C. The van der Waals surface area contributed by atoms with Gasteiger partial charge in [0, 0.05) is 4.88 Å². The van der Waals surface area contributed by atoms with E-state index in [0.29, 0.717) is 0 Å². The Morgan fingerprint density at radius 3 is 2.07 bits per heavy atom. The first-order valence-electron chi connectivity index (χ1n) is 11.9. The third kappa shape index (κ3) is 7.58. The van der Waals surface area contributed by atoms with E-state index >= 15 is 0 Å². The van der Waals surface area contributed by atoms with Crippen molar-refractivity contribution in [1.29, 1.82) is 0 Å². The number of thiophene rings is 1. The van der Waals surface area contributed by atoms with Crippen molar-refractivity contribution in [2.75, 3.05) is 6.61 Å². The molecule has 0 radical (unpaired) electrons. The minimum Gasteiger partial charge on any atom is -0.493 e. The molecule has 0 N–H and O–H groups in total. The van der Waals surface area contributed by atoms with E-state index in [1.165, 1.54) is 78.5 Å². The average Bonchev–Trinajstić information content (AvgIpc) is 3.15. The van der Waals surface area contributed by atoms with Crippen LogP contribution < -0.4 is 4.74 Å². The molecule has 0 spiro atoms. The van der Waals surface area contributed by atoms with Gasteiger partial charge in [0.2, 0.25) is 0 Å². The number of benzene rings is 1. The van der Waals surface area contributed by atoms with Gasteiger partial charge < -0.3 is 4.74 Å². The summed E-state index contributed by atoms with van der Waals surface area (Å²) in [6.07, 6.45) is 14.6. The smallest absolute Gasteiger partial charge is 0.160 e. The molecule has 0 aliphatic rings. The fourth-order valence-electron chi connectivity index (χ4n) is 4.00. The maximum absolute atomic E-state index is 11.6. The molecule has 0 bridgehead atoms. The van der Waals surface area contributed by atoms with E-state index in [-0.39, 0.29) is 0 Å². The lowest BCUT2D eigenvalue weighted by molar-refractivity contribution is 0.112. The number of aryl methyl sites for hydroxylation is 3. The Labute approximate surface area is 188 Å². The molecule has 1 heterocycles. The normalized spacial score (nSPS) is 11.1. The zero-order valence-corrected chi connectivity index (χ0v) is 20.3. The maximum Gasteiger partial charge on any atom is 0.160 e. The highest BCUT2D eigenvalue weighted by atomic mass is 32.1. The van der Waals surface area contributed by atoms with Crippen LogP contribution in [0.3, 0.4) is 0 Å². The highest BCUT2D eigenvalue weighted by Crippen LogP contribution is 2.36. The zero-order valence-electron chi connectivity index (χ0n) is 19.5. The molecule has 2 nitrogen and oxygen atoms in total. The van der Waals surface area contributed by atoms with Crippen LogP contribution in [0.5, 0.6) is 5.75 Å². The number of unbranched alkanes of at least 4 members (excludes halogenated alkanes) is 8. The van der Waals surface area contributed by atoms with Gasteiger partial charge in [-0.05, 0) is 73.6 Å². The van der Waals surface area contributed by atoms with Crippen molar-refractivity contribution >= 4 is 17.6 Å². The number of carbonyl (C=O) groups is 1. The summed E-state index contributed by atoms with van der Waals surface area (Å²) < 4.78 is 6.14. The number of hydrogen-bond donors (Lipinski definition) is 0. The molecule has 0 amide bonds. The Balaban J connectivity index is 2.00. The topological polar surface area (TPSA) is 26.3 Å². The van der Waals surface area contributed by atoms with Crippen LogP contribution in [-0.4, -0.2) is 12.9 Å². The number of rotatable bonds is 15. The molecule has 1 aromatic heterocycles. The molecular formula is C27H40O2S. The molecule has 0 saturated heterocycles. The van der Waals surface area contributed by atoms with Gasteiger partial charge in [0.25, 0.3) is 0 Å². The molecule has 0 saturated carbocycles. The molecule has 0 aliphatic carbocycles. The van der Waals surface area contributed by atoms with Gasteiger partial charge in [-0.1, -0.05) is 65.2 Å². The predicted molar refractivity (Wildman–Crippen MR) is 131 cm³/mol. The lowest BCUT2D eigenvalue weighted by Gasteiger charge is -2.14. The van der Waals surface area contributed by atoms with Gasteiger partial charge in [-0.15, -0.1) is 11.3 Å². The van der Waals surface area contributed by atoms with E-state index in [2.05, 4.69) is 45.9 Å². The molecule has 0 atom stereocenters. The fraction of sp³-hybridized carbons (Fsp3) is 0.593. The number of hydrogen-bond acceptors (Lipinski definition) is 3. The Bertz CT molecular complexity index is 752. The van der Waals surface area contributed by atoms with Crippen molar-refractivity contribution in [2.45, 2.75) is 98.3 Å². The molecule has 0 aliphatic heterocycles. The van der Waals surface area contributed by atoms with E-state index in [9.17, 15) is 4.79 Å². The molecule has 30 heavy (non-hydrogen) atoms. The Morgan fingerprint density at radius 1 is 0.833 bits per heavy atom. The summed E-state index contributed by atoms with van der Waals surface area (Å²) in [6.45, 7) is 9.54. The number of aldehydes is 1. The second-order valence-electron chi connectivity index (χ2n) is 8.48. The van der Waals surface area contributed by atoms with Crippen LogP contribution in [0.4, 0.5) is 0 Å². The van der Waals surface area contributed by atoms with Crippen molar-refractivity contribution in [3.63, 3.8) is 0 Å².